The van der Waals surface area contributed by atoms with Crippen molar-refractivity contribution in [2.45, 2.75) is 162 Å². The molecule has 4 fully saturated rings. The van der Waals surface area contributed by atoms with Gasteiger partial charge in [0.2, 0.25) is 11.8 Å². The minimum Gasteiger partial charge on any atom is -0.394 e. The second-order valence-electron chi connectivity index (χ2n) is 16.1. The highest BCUT2D eigenvalue weighted by Gasteiger charge is 2.55. The summed E-state index contributed by atoms with van der Waals surface area (Å²) in [7, 11) is 0. The van der Waals surface area contributed by atoms with Crippen LogP contribution in [0.2, 0.25) is 0 Å². The molecule has 1 aromatic heterocycles. The molecule has 4 aliphatic rings. The topological polar surface area (TPSA) is 420 Å². The number of aliphatic hydroxyl groups excluding tert-OH is 13. The molecular formula is C38H62N4O23. The zero-order valence-corrected chi connectivity index (χ0v) is 35.5. The Labute approximate surface area is 371 Å². The fraction of sp³-hybridized carbons (Fsp3) is 0.816. The molecule has 4 saturated heterocycles. The number of hydrogen-bond acceptors (Lipinski definition) is 25. The van der Waals surface area contributed by atoms with E-state index < -0.39 is 179 Å². The summed E-state index contributed by atoms with van der Waals surface area (Å²) in [5, 5.41) is 147. The number of amides is 2. The quantitative estimate of drug-likeness (QED) is 0.0612. The third kappa shape index (κ3) is 12.8. The van der Waals surface area contributed by atoms with Gasteiger partial charge in [-0.1, -0.05) is 6.07 Å². The number of hydrogen-bond donors (Lipinski definition) is 16. The van der Waals surface area contributed by atoms with E-state index in [0.29, 0.717) is 5.82 Å². The Morgan fingerprint density at radius 2 is 1.37 bits per heavy atom. The smallest absolute Gasteiger partial charge is 0.217 e. The summed E-state index contributed by atoms with van der Waals surface area (Å²) < 4.78 is 46.8. The SMILES string of the molecule is CC(=O)N[C@H]1[C@H](O[C@@H]([C@H](O[C@@H]2O[C@@H](C)[C@@H](O)[C@@H](O)[C@@H]2O)[C@H](CNc2ccccn2)NC(C)=O)[C@H](O)CO)O[C@H](CO)[C@@H](O[C@@H]2O[C@H](CO)[C@@H](O)[C@H](O)[C@@H]2O[C@@H]2OC[C@@H](O)[C@H](O)[C@H]2O)[C@@H]1O. The van der Waals surface area contributed by atoms with Crippen molar-refractivity contribution in [3.8, 4) is 0 Å². The van der Waals surface area contributed by atoms with E-state index in [2.05, 4.69) is 20.9 Å². The van der Waals surface area contributed by atoms with Crippen molar-refractivity contribution >= 4 is 17.6 Å². The summed E-state index contributed by atoms with van der Waals surface area (Å²) in [6.07, 6.45) is -36.1. The van der Waals surface area contributed by atoms with Crippen LogP contribution >= 0.6 is 0 Å². The van der Waals surface area contributed by atoms with Gasteiger partial charge in [-0.3, -0.25) is 9.59 Å². The maximum absolute atomic E-state index is 12.7. The lowest BCUT2D eigenvalue weighted by Gasteiger charge is -2.49. The number of ether oxygens (including phenoxy) is 8. The van der Waals surface area contributed by atoms with Crippen molar-refractivity contribution in [2.75, 3.05) is 38.3 Å². The summed E-state index contributed by atoms with van der Waals surface area (Å²) >= 11 is 0. The number of carbonyl (C=O) groups is 2. The fourth-order valence-electron chi connectivity index (χ4n) is 7.78. The average Bonchev–Trinajstić information content (AvgIpc) is 3.28. The first-order valence-electron chi connectivity index (χ1n) is 20.8. The van der Waals surface area contributed by atoms with Crippen molar-refractivity contribution in [2.24, 2.45) is 0 Å². The zero-order valence-electron chi connectivity index (χ0n) is 35.5. The van der Waals surface area contributed by atoms with Crippen LogP contribution in [0, 0.1) is 0 Å². The predicted octanol–water partition coefficient (Wildman–Crippen LogP) is -8.82. The number of nitrogens with zero attached hydrogens (tertiary/aromatic N) is 1. The van der Waals surface area contributed by atoms with E-state index in [0.717, 1.165) is 13.8 Å². The monoisotopic (exact) mass is 942 g/mol. The first kappa shape index (κ1) is 53.0. The molecular weight excluding hydrogens is 880 g/mol. The molecule has 5 heterocycles. The number of pyridine rings is 1. The van der Waals surface area contributed by atoms with E-state index in [9.17, 15) is 76.0 Å². The summed E-state index contributed by atoms with van der Waals surface area (Å²) in [6, 6.07) is 1.79. The molecule has 0 bridgehead atoms. The molecule has 0 aromatic carbocycles. The van der Waals surface area contributed by atoms with Crippen LogP contribution < -0.4 is 16.0 Å². The van der Waals surface area contributed by atoms with Crippen molar-refractivity contribution in [3.63, 3.8) is 0 Å². The minimum absolute atomic E-state index is 0.274. The van der Waals surface area contributed by atoms with Gasteiger partial charge in [0.1, 0.15) is 110 Å². The van der Waals surface area contributed by atoms with Crippen LogP contribution in [0.5, 0.6) is 0 Å². The van der Waals surface area contributed by atoms with Gasteiger partial charge in [0.05, 0.1) is 38.6 Å². The third-order valence-corrected chi connectivity index (χ3v) is 11.3. The lowest BCUT2D eigenvalue weighted by molar-refractivity contribution is -0.381. The van der Waals surface area contributed by atoms with E-state index in [-0.39, 0.29) is 6.54 Å². The summed E-state index contributed by atoms with van der Waals surface area (Å²) in [6.45, 7) is -0.252. The van der Waals surface area contributed by atoms with Gasteiger partial charge in [-0.25, -0.2) is 4.98 Å². The number of rotatable bonds is 19. The van der Waals surface area contributed by atoms with Gasteiger partial charge in [0.25, 0.3) is 0 Å². The van der Waals surface area contributed by atoms with Crippen LogP contribution in [0.3, 0.4) is 0 Å². The molecule has 65 heavy (non-hydrogen) atoms. The van der Waals surface area contributed by atoms with Crippen LogP contribution in [0.15, 0.2) is 24.4 Å². The Morgan fingerprint density at radius 1 is 0.723 bits per heavy atom. The number of anilines is 1. The normalized spacial score (nSPS) is 40.8. The second-order valence-corrected chi connectivity index (χ2v) is 16.1. The van der Waals surface area contributed by atoms with Gasteiger partial charge < -0.3 is 120 Å². The molecule has 0 radical (unpaired) electrons. The third-order valence-electron chi connectivity index (χ3n) is 11.3. The standard InChI is InChI=1S/C38H62N4O23/c1-13-23(50)27(54)30(57)37(59-13)62-31(16(41-14(2)46)8-40-21-6-4-5-7-39-21)32(17(48)9-43)63-35-22(42-15(3)47)26(53)33(20(11-45)61-35)64-38-34(28(55)25(52)19(10-44)60-38)65-36-29(56)24(51)18(49)12-58-36/h4-7,13,16-20,22-38,43-45,48-57H,8-12H2,1-3H3,(H,39,40)(H,41,46)(H,42,47)/t13-,16-,17+,18+,19+,20+,22+,23+,24-,25+,26+,27+,28-,29+,30-,31+,32+,33+,34-,35-,36-,37-,38-/m0/s1. The highest BCUT2D eigenvalue weighted by molar-refractivity contribution is 5.73. The molecule has 0 spiro atoms. The average molecular weight is 943 g/mol. The van der Waals surface area contributed by atoms with E-state index in [1.165, 1.54) is 13.1 Å². The Balaban J connectivity index is 1.49. The lowest BCUT2D eigenvalue weighted by atomic mass is 9.94. The maximum atomic E-state index is 12.7. The van der Waals surface area contributed by atoms with E-state index in [1.54, 1.807) is 18.2 Å². The Kier molecular flexibility index (Phi) is 19.5. The van der Waals surface area contributed by atoms with Crippen molar-refractivity contribution < 1.29 is 114 Å². The Bertz CT molecular complexity index is 1630. The largest absolute Gasteiger partial charge is 0.394 e. The molecule has 27 nitrogen and oxygen atoms in total. The highest BCUT2D eigenvalue weighted by atomic mass is 16.8. The van der Waals surface area contributed by atoms with Crippen molar-refractivity contribution in [3.05, 3.63) is 24.4 Å². The second kappa shape index (κ2) is 23.9. The molecule has 2 amide bonds. The van der Waals surface area contributed by atoms with Gasteiger partial charge in [-0.2, -0.15) is 0 Å². The molecule has 5 rings (SSSR count). The predicted molar refractivity (Wildman–Crippen MR) is 210 cm³/mol. The van der Waals surface area contributed by atoms with Gasteiger partial charge in [-0.05, 0) is 19.1 Å². The molecule has 0 unspecified atom stereocenters. The summed E-state index contributed by atoms with van der Waals surface area (Å²) in [5.74, 6) is -1.18. The van der Waals surface area contributed by atoms with E-state index in [1.807, 2.05) is 0 Å². The van der Waals surface area contributed by atoms with E-state index in [4.69, 9.17) is 37.9 Å². The zero-order chi connectivity index (χ0) is 47.9. The van der Waals surface area contributed by atoms with Crippen LogP contribution in [0.25, 0.3) is 0 Å². The molecule has 1 aromatic rings. The molecule has 23 atom stereocenters. The first-order valence-corrected chi connectivity index (χ1v) is 20.8. The van der Waals surface area contributed by atoms with E-state index >= 15 is 0 Å². The Morgan fingerprint density at radius 3 is 1.98 bits per heavy atom. The number of nitrogens with one attached hydrogen (secondary N) is 3. The van der Waals surface area contributed by atoms with Crippen LogP contribution in [-0.2, 0) is 47.5 Å². The lowest BCUT2D eigenvalue weighted by Crippen LogP contribution is -2.69. The van der Waals surface area contributed by atoms with Gasteiger partial charge in [-0.15, -0.1) is 0 Å². The fourth-order valence-corrected chi connectivity index (χ4v) is 7.78. The summed E-state index contributed by atoms with van der Waals surface area (Å²) in [5.41, 5.74) is 0. The molecule has 0 aliphatic carbocycles. The van der Waals surface area contributed by atoms with Gasteiger partial charge in [0.15, 0.2) is 25.2 Å². The molecule has 0 saturated carbocycles. The Hall–Kier alpha value is -2.95. The molecule has 27 heteroatoms. The highest BCUT2D eigenvalue weighted by Crippen LogP contribution is 2.34. The molecule has 16 N–H and O–H groups in total. The maximum Gasteiger partial charge on any atom is 0.217 e. The van der Waals surface area contributed by atoms with Crippen molar-refractivity contribution in [1.82, 2.24) is 15.6 Å². The summed E-state index contributed by atoms with van der Waals surface area (Å²) in [4.78, 5) is 29.6. The number of carbonyl (C=O) groups excluding carboxylic acids is 2. The van der Waals surface area contributed by atoms with Crippen molar-refractivity contribution in [1.29, 1.82) is 0 Å². The minimum atomic E-state index is -2.02. The van der Waals surface area contributed by atoms with Crippen LogP contribution in [0.4, 0.5) is 5.82 Å². The van der Waals surface area contributed by atoms with Gasteiger partial charge >= 0.3 is 0 Å². The van der Waals surface area contributed by atoms with Crippen LogP contribution in [-0.4, -0.2) is 257 Å². The molecule has 372 valence electrons. The first-order chi connectivity index (χ1) is 30.8. The number of aliphatic hydroxyl groups is 13. The van der Waals surface area contributed by atoms with Crippen LogP contribution in [0.1, 0.15) is 20.8 Å². The van der Waals surface area contributed by atoms with Gasteiger partial charge in [0, 0.05) is 26.6 Å². The number of aromatic nitrogens is 1. The molecule has 4 aliphatic heterocycles.